The number of alkyl halides is 3. The van der Waals surface area contributed by atoms with Crippen molar-refractivity contribution in [1.82, 2.24) is 9.55 Å². The number of nitrogens with zero attached hydrogens (tertiary/aromatic N) is 2. The average Bonchev–Trinajstić information content (AvgIpc) is 2.73. The van der Waals surface area contributed by atoms with Crippen molar-refractivity contribution in [2.75, 3.05) is 12.0 Å². The van der Waals surface area contributed by atoms with E-state index in [1.54, 1.807) is 23.9 Å². The summed E-state index contributed by atoms with van der Waals surface area (Å²) in [4.78, 5) is 3.70. The third-order valence-electron chi connectivity index (χ3n) is 3.19. The van der Waals surface area contributed by atoms with Gasteiger partial charge in [0, 0.05) is 17.5 Å². The Hall–Kier alpha value is -1.37. The molecule has 1 atom stereocenters. The van der Waals surface area contributed by atoms with Crippen LogP contribution >= 0.6 is 11.8 Å². The van der Waals surface area contributed by atoms with E-state index in [2.05, 4.69) is 4.98 Å². The van der Waals surface area contributed by atoms with Crippen LogP contribution in [0.5, 0.6) is 0 Å². The summed E-state index contributed by atoms with van der Waals surface area (Å²) < 4.78 is 40.5. The molecule has 3 nitrogen and oxygen atoms in total. The first-order valence-corrected chi connectivity index (χ1v) is 7.47. The lowest BCUT2D eigenvalue weighted by molar-refractivity contribution is -0.146. The summed E-state index contributed by atoms with van der Waals surface area (Å²) in [7, 11) is 0. The number of hydrogen-bond acceptors (Lipinski definition) is 3. The lowest BCUT2D eigenvalue weighted by Crippen LogP contribution is -2.16. The third-order valence-corrected chi connectivity index (χ3v) is 4.23. The zero-order chi connectivity index (χ0) is 14.9. The number of nitrogens with two attached hydrogens (primary N) is 1. The molecule has 0 spiro atoms. The molecular weight excluding hydrogens is 287 g/mol. The Kier molecular flexibility index (Phi) is 4.17. The van der Waals surface area contributed by atoms with Gasteiger partial charge in [0.15, 0.2) is 0 Å². The summed E-state index contributed by atoms with van der Waals surface area (Å²) in [6.07, 6.45) is -1.86. The highest BCUT2D eigenvalue weighted by Gasteiger charge is 2.37. The van der Waals surface area contributed by atoms with Crippen molar-refractivity contribution in [1.29, 1.82) is 0 Å². The van der Waals surface area contributed by atoms with Gasteiger partial charge in [-0.2, -0.15) is 24.9 Å². The maximum Gasteiger partial charge on any atom is 0.449 e. The fourth-order valence-electron chi connectivity index (χ4n) is 2.02. The Morgan fingerprint density at radius 1 is 1.40 bits per heavy atom. The van der Waals surface area contributed by atoms with Gasteiger partial charge in [0.2, 0.25) is 5.82 Å². The minimum Gasteiger partial charge on any atom is -0.399 e. The summed E-state index contributed by atoms with van der Waals surface area (Å²) in [5.74, 6) is -0.855. The highest BCUT2D eigenvalue weighted by Crippen LogP contribution is 2.32. The van der Waals surface area contributed by atoms with Crippen molar-refractivity contribution in [2.24, 2.45) is 0 Å². The van der Waals surface area contributed by atoms with Gasteiger partial charge in [-0.3, -0.25) is 0 Å². The van der Waals surface area contributed by atoms with E-state index in [1.807, 2.05) is 13.2 Å². The van der Waals surface area contributed by atoms with Gasteiger partial charge in [0.25, 0.3) is 0 Å². The molecule has 1 heterocycles. The van der Waals surface area contributed by atoms with Crippen LogP contribution in [0.3, 0.4) is 0 Å². The summed E-state index contributed by atoms with van der Waals surface area (Å²) in [5, 5.41) is 0.294. The molecule has 20 heavy (non-hydrogen) atoms. The monoisotopic (exact) mass is 303 g/mol. The van der Waals surface area contributed by atoms with Crippen molar-refractivity contribution in [2.45, 2.75) is 31.3 Å². The number of aryl methyl sites for hydroxylation is 1. The maximum absolute atomic E-state index is 13.1. The van der Waals surface area contributed by atoms with Crippen LogP contribution in [0.2, 0.25) is 0 Å². The molecule has 0 saturated heterocycles. The van der Waals surface area contributed by atoms with Gasteiger partial charge in [0.1, 0.15) is 0 Å². The fraction of sp³-hybridized carbons (Fsp3) is 0.462. The molecule has 0 bridgehead atoms. The minimum atomic E-state index is -4.46. The second-order valence-corrected chi connectivity index (χ2v) is 5.94. The Morgan fingerprint density at radius 3 is 2.70 bits per heavy atom. The first kappa shape index (κ1) is 15.0. The summed E-state index contributed by atoms with van der Waals surface area (Å²) in [6, 6.07) is 4.66. The molecule has 0 amide bonds. The van der Waals surface area contributed by atoms with Crippen LogP contribution in [0, 0.1) is 0 Å². The number of nitrogen functional groups attached to an aromatic ring is 1. The van der Waals surface area contributed by atoms with Gasteiger partial charge in [-0.25, -0.2) is 4.98 Å². The van der Waals surface area contributed by atoms with E-state index >= 15 is 0 Å². The third kappa shape index (κ3) is 3.03. The summed E-state index contributed by atoms with van der Waals surface area (Å²) in [5.41, 5.74) is 6.77. The second-order valence-electron chi connectivity index (χ2n) is 4.67. The molecule has 0 aliphatic rings. The number of hydrogen-bond donors (Lipinski definition) is 1. The van der Waals surface area contributed by atoms with Crippen LogP contribution in [-0.4, -0.2) is 21.1 Å². The van der Waals surface area contributed by atoms with E-state index < -0.39 is 12.0 Å². The van der Waals surface area contributed by atoms with Crippen molar-refractivity contribution in [3.8, 4) is 0 Å². The second kappa shape index (κ2) is 5.55. The predicted octanol–water partition coefficient (Wildman–Crippen LogP) is 3.78. The molecule has 0 saturated carbocycles. The molecule has 0 aliphatic carbocycles. The highest BCUT2D eigenvalue weighted by molar-refractivity contribution is 7.99. The number of rotatable bonds is 4. The molecule has 0 radical (unpaired) electrons. The van der Waals surface area contributed by atoms with Gasteiger partial charge in [-0.15, -0.1) is 0 Å². The van der Waals surface area contributed by atoms with E-state index in [0.29, 0.717) is 22.9 Å². The standard InChI is InChI=1S/C13H16F3N3S/c1-8(20-2)5-6-19-11-4-3-9(17)7-10(11)18-12(19)13(14,15)16/h3-4,7-8H,5-6,17H2,1-2H3. The molecule has 1 unspecified atom stereocenters. The van der Waals surface area contributed by atoms with Gasteiger partial charge in [0.05, 0.1) is 11.0 Å². The van der Waals surface area contributed by atoms with Gasteiger partial charge >= 0.3 is 6.18 Å². The van der Waals surface area contributed by atoms with Crippen LogP contribution < -0.4 is 5.73 Å². The van der Waals surface area contributed by atoms with Gasteiger partial charge < -0.3 is 10.3 Å². The summed E-state index contributed by atoms with van der Waals surface area (Å²) >= 11 is 1.63. The number of halogens is 3. The van der Waals surface area contributed by atoms with Crippen molar-refractivity contribution >= 4 is 28.5 Å². The van der Waals surface area contributed by atoms with Crippen LogP contribution in [0.25, 0.3) is 11.0 Å². The Labute approximate surface area is 119 Å². The largest absolute Gasteiger partial charge is 0.449 e. The number of imidazole rings is 1. The average molecular weight is 303 g/mol. The van der Waals surface area contributed by atoms with Gasteiger partial charge in [-0.05, 0) is 30.9 Å². The van der Waals surface area contributed by atoms with E-state index in [0.717, 1.165) is 0 Å². The minimum absolute atomic E-state index is 0.286. The van der Waals surface area contributed by atoms with E-state index in [1.165, 1.54) is 10.6 Å². The van der Waals surface area contributed by atoms with Crippen molar-refractivity contribution < 1.29 is 13.2 Å². The SMILES string of the molecule is CSC(C)CCn1c(C(F)(F)F)nc2cc(N)ccc21. The molecule has 2 aromatic rings. The number of anilines is 1. The molecular formula is C13H16F3N3S. The Balaban J connectivity index is 2.47. The smallest absolute Gasteiger partial charge is 0.399 e. The fourth-order valence-corrected chi connectivity index (χ4v) is 2.36. The Morgan fingerprint density at radius 2 is 2.10 bits per heavy atom. The highest BCUT2D eigenvalue weighted by atomic mass is 32.2. The molecule has 0 fully saturated rings. The first-order valence-electron chi connectivity index (χ1n) is 6.18. The van der Waals surface area contributed by atoms with Gasteiger partial charge in [-0.1, -0.05) is 6.92 Å². The quantitative estimate of drug-likeness (QED) is 0.874. The predicted molar refractivity (Wildman–Crippen MR) is 76.7 cm³/mol. The normalized spacial score (nSPS) is 13.8. The molecule has 1 aromatic heterocycles. The maximum atomic E-state index is 13.1. The summed E-state index contributed by atoms with van der Waals surface area (Å²) in [6.45, 7) is 2.28. The molecule has 2 N–H and O–H groups in total. The molecule has 110 valence electrons. The Bertz CT molecular complexity index is 607. The lowest BCUT2D eigenvalue weighted by atomic mass is 10.2. The number of aromatic nitrogens is 2. The molecule has 1 aromatic carbocycles. The zero-order valence-corrected chi connectivity index (χ0v) is 12.1. The molecule has 2 rings (SSSR count). The lowest BCUT2D eigenvalue weighted by Gasteiger charge is -2.13. The molecule has 0 aliphatic heterocycles. The first-order chi connectivity index (χ1) is 9.32. The molecule has 7 heteroatoms. The van der Waals surface area contributed by atoms with E-state index in [9.17, 15) is 13.2 Å². The van der Waals surface area contributed by atoms with Crippen LogP contribution in [-0.2, 0) is 12.7 Å². The van der Waals surface area contributed by atoms with E-state index in [-0.39, 0.29) is 12.1 Å². The van der Waals surface area contributed by atoms with Crippen molar-refractivity contribution in [3.63, 3.8) is 0 Å². The van der Waals surface area contributed by atoms with Crippen LogP contribution in [0.4, 0.5) is 18.9 Å². The zero-order valence-electron chi connectivity index (χ0n) is 11.2. The van der Waals surface area contributed by atoms with Crippen LogP contribution in [0.15, 0.2) is 18.2 Å². The number of benzene rings is 1. The number of fused-ring (bicyclic) bond motifs is 1. The van der Waals surface area contributed by atoms with Crippen LogP contribution in [0.1, 0.15) is 19.2 Å². The van der Waals surface area contributed by atoms with E-state index in [4.69, 9.17) is 5.73 Å². The topological polar surface area (TPSA) is 43.8 Å². The number of thioether (sulfide) groups is 1. The van der Waals surface area contributed by atoms with Crippen molar-refractivity contribution in [3.05, 3.63) is 24.0 Å².